The fourth-order valence-electron chi connectivity index (χ4n) is 2.73. The largest absolute Gasteiger partial charge is 0.373 e. The molecule has 2 atom stereocenters. The van der Waals surface area contributed by atoms with E-state index in [2.05, 4.69) is 4.90 Å². The van der Waals surface area contributed by atoms with Crippen molar-refractivity contribution in [2.45, 2.75) is 26.1 Å². The standard InChI is InChI=1S/C16H22F2N2O2/c1-11-9-20(10-12(2)22-11)8-7-19(3)16(21)13-5-4-6-14(17)15(13)18/h4-6,11-12H,7-10H2,1-3H3/t11-,12+. The summed E-state index contributed by atoms with van der Waals surface area (Å²) in [5.74, 6) is -2.60. The molecule has 1 aliphatic heterocycles. The molecule has 0 radical (unpaired) electrons. The van der Waals surface area contributed by atoms with Crippen LogP contribution in [0.1, 0.15) is 24.2 Å². The lowest BCUT2D eigenvalue weighted by molar-refractivity contribution is -0.0685. The van der Waals surface area contributed by atoms with Gasteiger partial charge in [-0.2, -0.15) is 0 Å². The Morgan fingerprint density at radius 1 is 1.32 bits per heavy atom. The second-order valence-corrected chi connectivity index (χ2v) is 5.84. The minimum atomic E-state index is -1.09. The van der Waals surface area contributed by atoms with Crippen molar-refractivity contribution in [3.63, 3.8) is 0 Å². The van der Waals surface area contributed by atoms with Gasteiger partial charge in [-0.1, -0.05) is 6.07 Å². The van der Waals surface area contributed by atoms with Gasteiger partial charge in [0.2, 0.25) is 0 Å². The molecule has 1 aromatic rings. The topological polar surface area (TPSA) is 32.8 Å². The van der Waals surface area contributed by atoms with Gasteiger partial charge in [0.25, 0.3) is 5.91 Å². The Labute approximate surface area is 129 Å². The highest BCUT2D eigenvalue weighted by atomic mass is 19.2. The SMILES string of the molecule is C[C@@H]1CN(CCN(C)C(=O)c2cccc(F)c2F)C[C@H](C)O1. The van der Waals surface area contributed by atoms with Gasteiger partial charge in [0.05, 0.1) is 17.8 Å². The Morgan fingerprint density at radius 3 is 2.59 bits per heavy atom. The van der Waals surface area contributed by atoms with E-state index < -0.39 is 17.5 Å². The van der Waals surface area contributed by atoms with E-state index in [1.807, 2.05) is 13.8 Å². The number of rotatable bonds is 4. The number of likely N-dealkylation sites (N-methyl/N-ethyl adjacent to an activating group) is 1. The van der Waals surface area contributed by atoms with E-state index in [9.17, 15) is 13.6 Å². The molecule has 0 spiro atoms. The van der Waals surface area contributed by atoms with E-state index in [0.717, 1.165) is 19.2 Å². The van der Waals surface area contributed by atoms with Crippen molar-refractivity contribution in [2.75, 3.05) is 33.2 Å². The highest BCUT2D eigenvalue weighted by Gasteiger charge is 2.23. The molecule has 1 heterocycles. The van der Waals surface area contributed by atoms with Gasteiger partial charge < -0.3 is 9.64 Å². The van der Waals surface area contributed by atoms with E-state index in [0.29, 0.717) is 13.1 Å². The van der Waals surface area contributed by atoms with Crippen LogP contribution in [0.25, 0.3) is 0 Å². The van der Waals surface area contributed by atoms with Gasteiger partial charge in [-0.25, -0.2) is 8.78 Å². The molecule has 0 aromatic heterocycles. The van der Waals surface area contributed by atoms with Crippen LogP contribution in [0, 0.1) is 11.6 Å². The van der Waals surface area contributed by atoms with E-state index in [4.69, 9.17) is 4.74 Å². The molecule has 6 heteroatoms. The average Bonchev–Trinajstić information content (AvgIpc) is 2.46. The highest BCUT2D eigenvalue weighted by Crippen LogP contribution is 2.14. The van der Waals surface area contributed by atoms with Crippen molar-refractivity contribution >= 4 is 5.91 Å². The maximum absolute atomic E-state index is 13.7. The third-order valence-corrected chi connectivity index (χ3v) is 3.78. The molecule has 1 saturated heterocycles. The van der Waals surface area contributed by atoms with Crippen molar-refractivity contribution in [3.8, 4) is 0 Å². The molecule has 1 amide bonds. The second-order valence-electron chi connectivity index (χ2n) is 5.84. The monoisotopic (exact) mass is 312 g/mol. The van der Waals surface area contributed by atoms with Crippen LogP contribution >= 0.6 is 0 Å². The maximum Gasteiger partial charge on any atom is 0.256 e. The van der Waals surface area contributed by atoms with Gasteiger partial charge in [-0.05, 0) is 26.0 Å². The first-order valence-corrected chi connectivity index (χ1v) is 7.45. The number of hydrogen-bond acceptors (Lipinski definition) is 3. The fourth-order valence-corrected chi connectivity index (χ4v) is 2.73. The van der Waals surface area contributed by atoms with Crippen molar-refractivity contribution in [1.82, 2.24) is 9.80 Å². The zero-order chi connectivity index (χ0) is 16.3. The predicted molar refractivity (Wildman–Crippen MR) is 79.8 cm³/mol. The summed E-state index contributed by atoms with van der Waals surface area (Å²) in [6, 6.07) is 3.64. The minimum Gasteiger partial charge on any atom is -0.373 e. The van der Waals surface area contributed by atoms with Crippen LogP contribution in [-0.2, 0) is 4.74 Å². The summed E-state index contributed by atoms with van der Waals surface area (Å²) < 4.78 is 32.5. The first-order valence-electron chi connectivity index (χ1n) is 7.45. The second kappa shape index (κ2) is 7.15. The average molecular weight is 312 g/mol. The Balaban J connectivity index is 1.93. The Morgan fingerprint density at radius 2 is 1.95 bits per heavy atom. The highest BCUT2D eigenvalue weighted by molar-refractivity contribution is 5.94. The van der Waals surface area contributed by atoms with Crippen LogP contribution in [-0.4, -0.2) is 61.1 Å². The van der Waals surface area contributed by atoms with Gasteiger partial charge in [-0.3, -0.25) is 9.69 Å². The van der Waals surface area contributed by atoms with Crippen LogP contribution in [0.3, 0.4) is 0 Å². The Hall–Kier alpha value is -1.53. The van der Waals surface area contributed by atoms with Crippen molar-refractivity contribution < 1.29 is 18.3 Å². The number of benzene rings is 1. The van der Waals surface area contributed by atoms with Gasteiger partial charge >= 0.3 is 0 Å². The van der Waals surface area contributed by atoms with Crippen molar-refractivity contribution in [3.05, 3.63) is 35.4 Å². The normalized spacial score (nSPS) is 22.6. The molecule has 2 rings (SSSR count). The van der Waals surface area contributed by atoms with Crippen molar-refractivity contribution in [2.24, 2.45) is 0 Å². The van der Waals surface area contributed by atoms with E-state index in [1.54, 1.807) is 7.05 Å². The van der Waals surface area contributed by atoms with E-state index >= 15 is 0 Å². The molecular weight excluding hydrogens is 290 g/mol. The number of amides is 1. The number of nitrogens with zero attached hydrogens (tertiary/aromatic N) is 2. The van der Waals surface area contributed by atoms with Gasteiger partial charge in [0.15, 0.2) is 11.6 Å². The number of carbonyl (C=O) groups excluding carboxylic acids is 1. The third kappa shape index (κ3) is 4.01. The Bertz CT molecular complexity index is 529. The molecule has 122 valence electrons. The maximum atomic E-state index is 13.7. The number of morpholine rings is 1. The molecule has 0 unspecified atom stereocenters. The summed E-state index contributed by atoms with van der Waals surface area (Å²) in [5, 5.41) is 0. The smallest absolute Gasteiger partial charge is 0.256 e. The quantitative estimate of drug-likeness (QED) is 0.854. The van der Waals surface area contributed by atoms with Crippen LogP contribution in [0.15, 0.2) is 18.2 Å². The van der Waals surface area contributed by atoms with E-state index in [1.165, 1.54) is 17.0 Å². The van der Waals surface area contributed by atoms with Crippen LogP contribution in [0.5, 0.6) is 0 Å². The first-order chi connectivity index (χ1) is 10.4. The summed E-state index contributed by atoms with van der Waals surface area (Å²) >= 11 is 0. The summed E-state index contributed by atoms with van der Waals surface area (Å²) in [5.41, 5.74) is -0.230. The molecule has 0 saturated carbocycles. The molecular formula is C16H22F2N2O2. The number of hydrogen-bond donors (Lipinski definition) is 0. The van der Waals surface area contributed by atoms with Crippen molar-refractivity contribution in [1.29, 1.82) is 0 Å². The third-order valence-electron chi connectivity index (χ3n) is 3.78. The van der Waals surface area contributed by atoms with E-state index in [-0.39, 0.29) is 17.8 Å². The molecule has 1 aromatic carbocycles. The lowest BCUT2D eigenvalue weighted by Gasteiger charge is -2.36. The summed E-state index contributed by atoms with van der Waals surface area (Å²) in [6.07, 6.45) is 0.316. The van der Waals surface area contributed by atoms with Gasteiger partial charge in [0, 0.05) is 33.2 Å². The predicted octanol–water partition coefficient (Wildman–Crippen LogP) is 2.15. The van der Waals surface area contributed by atoms with Crippen LogP contribution < -0.4 is 0 Å². The Kier molecular flexibility index (Phi) is 5.47. The van der Waals surface area contributed by atoms with Gasteiger partial charge in [0.1, 0.15) is 0 Å². The summed E-state index contributed by atoms with van der Waals surface area (Å²) in [4.78, 5) is 15.8. The lowest BCUT2D eigenvalue weighted by Crippen LogP contribution is -2.48. The minimum absolute atomic E-state index is 0.158. The summed E-state index contributed by atoms with van der Waals surface area (Å²) in [7, 11) is 1.60. The lowest BCUT2D eigenvalue weighted by atomic mass is 10.2. The van der Waals surface area contributed by atoms with Crippen LogP contribution in [0.4, 0.5) is 8.78 Å². The summed E-state index contributed by atoms with van der Waals surface area (Å²) in [6.45, 7) is 6.77. The number of ether oxygens (including phenoxy) is 1. The molecule has 1 aliphatic rings. The number of halogens is 2. The number of carbonyl (C=O) groups is 1. The van der Waals surface area contributed by atoms with Gasteiger partial charge in [-0.15, -0.1) is 0 Å². The molecule has 22 heavy (non-hydrogen) atoms. The zero-order valence-corrected chi connectivity index (χ0v) is 13.2. The molecule has 0 N–H and O–H groups in total. The molecule has 0 aliphatic carbocycles. The molecule has 1 fully saturated rings. The fraction of sp³-hybridized carbons (Fsp3) is 0.562. The molecule has 0 bridgehead atoms. The zero-order valence-electron chi connectivity index (χ0n) is 13.2. The molecule has 4 nitrogen and oxygen atoms in total. The van der Waals surface area contributed by atoms with Crippen LogP contribution in [0.2, 0.25) is 0 Å². The first kappa shape index (κ1) is 16.8.